The van der Waals surface area contributed by atoms with E-state index < -0.39 is 0 Å². The molecule has 0 aliphatic carbocycles. The van der Waals surface area contributed by atoms with Gasteiger partial charge in [-0.05, 0) is 5.56 Å². The van der Waals surface area contributed by atoms with Gasteiger partial charge in [-0.25, -0.2) is 0 Å². The van der Waals surface area contributed by atoms with Gasteiger partial charge < -0.3 is 9.84 Å². The number of aldehydes is 1. The maximum absolute atomic E-state index is 10.3. The maximum atomic E-state index is 10.3. The quantitative estimate of drug-likeness (QED) is 0.543. The molecule has 1 rings (SSSR count). The molecule has 0 heterocycles. The Morgan fingerprint density at radius 2 is 2.00 bits per heavy atom. The molecule has 1 N–H and O–H groups in total. The Hall–Kier alpha value is -1.19. The lowest BCUT2D eigenvalue weighted by Gasteiger charge is -2.01. The van der Waals surface area contributed by atoms with Crippen LogP contribution in [0.15, 0.2) is 24.3 Å². The molecule has 0 aliphatic rings. The van der Waals surface area contributed by atoms with E-state index in [1.807, 2.05) is 12.1 Å². The minimum Gasteiger partial charge on any atom is -0.394 e. The average molecular weight is 180 g/mol. The highest BCUT2D eigenvalue weighted by atomic mass is 16.5. The summed E-state index contributed by atoms with van der Waals surface area (Å²) in [5.74, 6) is 0. The summed E-state index contributed by atoms with van der Waals surface area (Å²) in [6.45, 7) is 0.849. The molecule has 0 amide bonds. The molecule has 0 bridgehead atoms. The highest BCUT2D eigenvalue weighted by Crippen LogP contribution is 2.03. The molecule has 0 spiro atoms. The maximum Gasteiger partial charge on any atom is 0.150 e. The molecule has 0 fully saturated rings. The Bertz CT molecular complexity index is 253. The van der Waals surface area contributed by atoms with Gasteiger partial charge in [-0.3, -0.25) is 4.79 Å². The first-order valence-electron chi connectivity index (χ1n) is 4.09. The average Bonchev–Trinajstić information content (AvgIpc) is 2.19. The highest BCUT2D eigenvalue weighted by molar-refractivity contribution is 5.74. The normalized spacial score (nSPS) is 9.92. The van der Waals surface area contributed by atoms with Crippen LogP contribution < -0.4 is 0 Å². The van der Waals surface area contributed by atoms with Crippen molar-refractivity contribution in [3.05, 3.63) is 35.4 Å². The third-order valence-electron chi connectivity index (χ3n) is 1.62. The van der Waals surface area contributed by atoms with Crippen molar-refractivity contribution in [3.63, 3.8) is 0 Å². The third-order valence-corrected chi connectivity index (χ3v) is 1.62. The second-order valence-electron chi connectivity index (χ2n) is 2.64. The molecule has 70 valence electrons. The van der Waals surface area contributed by atoms with Gasteiger partial charge in [0, 0.05) is 5.56 Å². The molecule has 0 atom stereocenters. The van der Waals surface area contributed by atoms with E-state index in [0.29, 0.717) is 18.8 Å². The zero-order chi connectivity index (χ0) is 9.52. The summed E-state index contributed by atoms with van der Waals surface area (Å²) in [4.78, 5) is 10.3. The molecule has 0 unspecified atom stereocenters. The van der Waals surface area contributed by atoms with Gasteiger partial charge in [0.05, 0.1) is 19.8 Å². The van der Waals surface area contributed by atoms with Crippen molar-refractivity contribution < 1.29 is 14.6 Å². The van der Waals surface area contributed by atoms with Crippen molar-refractivity contribution >= 4 is 6.29 Å². The number of hydrogen-bond acceptors (Lipinski definition) is 3. The minimum atomic E-state index is 0.0341. The monoisotopic (exact) mass is 180 g/mol. The van der Waals surface area contributed by atoms with Crippen LogP contribution in [-0.2, 0) is 11.3 Å². The number of rotatable bonds is 5. The summed E-state index contributed by atoms with van der Waals surface area (Å²) < 4.78 is 5.10. The minimum absolute atomic E-state index is 0.0341. The van der Waals surface area contributed by atoms with Crippen molar-refractivity contribution in [2.24, 2.45) is 0 Å². The Morgan fingerprint density at radius 1 is 1.31 bits per heavy atom. The van der Waals surface area contributed by atoms with Gasteiger partial charge in [0.15, 0.2) is 0 Å². The van der Waals surface area contributed by atoms with Crippen molar-refractivity contribution in [1.82, 2.24) is 0 Å². The molecule has 1 aromatic rings. The molecule has 0 saturated heterocycles. The fourth-order valence-corrected chi connectivity index (χ4v) is 0.947. The fraction of sp³-hybridized carbons (Fsp3) is 0.300. The zero-order valence-corrected chi connectivity index (χ0v) is 7.27. The first kappa shape index (κ1) is 9.89. The van der Waals surface area contributed by atoms with E-state index in [-0.39, 0.29) is 6.61 Å². The van der Waals surface area contributed by atoms with Crippen LogP contribution in [0.25, 0.3) is 0 Å². The van der Waals surface area contributed by atoms with E-state index in [4.69, 9.17) is 9.84 Å². The lowest BCUT2D eigenvalue weighted by Crippen LogP contribution is -1.99. The number of aliphatic hydroxyl groups is 1. The molecule has 0 saturated carbocycles. The first-order valence-corrected chi connectivity index (χ1v) is 4.09. The standard InChI is InChI=1S/C10H12O3/c11-5-6-13-8-10-3-1-9(7-12)2-4-10/h1-4,7,11H,5-6,8H2. The molecule has 13 heavy (non-hydrogen) atoms. The summed E-state index contributed by atoms with van der Waals surface area (Å²) >= 11 is 0. The van der Waals surface area contributed by atoms with E-state index in [1.165, 1.54) is 0 Å². The predicted octanol–water partition coefficient (Wildman–Crippen LogP) is 1.01. The topological polar surface area (TPSA) is 46.5 Å². The Morgan fingerprint density at radius 3 is 2.54 bits per heavy atom. The van der Waals surface area contributed by atoms with Gasteiger partial charge in [0.1, 0.15) is 6.29 Å². The largest absolute Gasteiger partial charge is 0.394 e. The van der Waals surface area contributed by atoms with Crippen LogP contribution >= 0.6 is 0 Å². The van der Waals surface area contributed by atoms with Gasteiger partial charge in [0.2, 0.25) is 0 Å². The summed E-state index contributed by atoms with van der Waals surface area (Å²) in [6.07, 6.45) is 0.804. The third kappa shape index (κ3) is 3.36. The molecule has 3 heteroatoms. The Kier molecular flexibility index (Phi) is 4.15. The SMILES string of the molecule is O=Cc1ccc(COCCO)cc1. The van der Waals surface area contributed by atoms with Gasteiger partial charge in [-0.2, -0.15) is 0 Å². The Labute approximate surface area is 77.0 Å². The molecule has 0 aliphatic heterocycles. The number of carbonyl (C=O) groups is 1. The number of aliphatic hydroxyl groups excluding tert-OH is 1. The Balaban J connectivity index is 2.44. The molecule has 3 nitrogen and oxygen atoms in total. The fourth-order valence-electron chi connectivity index (χ4n) is 0.947. The predicted molar refractivity (Wildman–Crippen MR) is 48.6 cm³/mol. The van der Waals surface area contributed by atoms with Gasteiger partial charge >= 0.3 is 0 Å². The van der Waals surface area contributed by atoms with E-state index in [2.05, 4.69) is 0 Å². The van der Waals surface area contributed by atoms with Crippen LogP contribution in [-0.4, -0.2) is 24.6 Å². The van der Waals surface area contributed by atoms with Crippen LogP contribution in [0.5, 0.6) is 0 Å². The van der Waals surface area contributed by atoms with E-state index in [0.717, 1.165) is 11.8 Å². The van der Waals surface area contributed by atoms with Crippen LogP contribution in [0.1, 0.15) is 15.9 Å². The van der Waals surface area contributed by atoms with E-state index in [9.17, 15) is 4.79 Å². The lowest BCUT2D eigenvalue weighted by molar-refractivity contribution is 0.0815. The van der Waals surface area contributed by atoms with Crippen molar-refractivity contribution in [2.45, 2.75) is 6.61 Å². The molecular formula is C10H12O3. The number of carbonyl (C=O) groups excluding carboxylic acids is 1. The van der Waals surface area contributed by atoms with Crippen molar-refractivity contribution in [3.8, 4) is 0 Å². The zero-order valence-electron chi connectivity index (χ0n) is 7.27. The number of hydrogen-bond donors (Lipinski definition) is 1. The van der Waals surface area contributed by atoms with Crippen molar-refractivity contribution in [1.29, 1.82) is 0 Å². The summed E-state index contributed by atoms with van der Waals surface area (Å²) in [6, 6.07) is 7.15. The number of ether oxygens (including phenoxy) is 1. The molecule has 0 aromatic heterocycles. The second-order valence-corrected chi connectivity index (χ2v) is 2.64. The number of benzene rings is 1. The van der Waals surface area contributed by atoms with Crippen LogP contribution in [0.4, 0.5) is 0 Å². The second kappa shape index (κ2) is 5.45. The van der Waals surface area contributed by atoms with Crippen LogP contribution in [0.3, 0.4) is 0 Å². The van der Waals surface area contributed by atoms with E-state index in [1.54, 1.807) is 12.1 Å². The molecule has 1 aromatic carbocycles. The van der Waals surface area contributed by atoms with Crippen LogP contribution in [0, 0.1) is 0 Å². The van der Waals surface area contributed by atoms with E-state index >= 15 is 0 Å². The summed E-state index contributed by atoms with van der Waals surface area (Å²) in [5.41, 5.74) is 1.66. The van der Waals surface area contributed by atoms with Gasteiger partial charge in [-0.15, -0.1) is 0 Å². The van der Waals surface area contributed by atoms with Crippen molar-refractivity contribution in [2.75, 3.05) is 13.2 Å². The van der Waals surface area contributed by atoms with Gasteiger partial charge in [-0.1, -0.05) is 24.3 Å². The summed E-state index contributed by atoms with van der Waals surface area (Å²) in [7, 11) is 0. The lowest BCUT2D eigenvalue weighted by atomic mass is 10.2. The molecule has 0 radical (unpaired) electrons. The smallest absolute Gasteiger partial charge is 0.150 e. The van der Waals surface area contributed by atoms with Gasteiger partial charge in [0.25, 0.3) is 0 Å². The summed E-state index contributed by atoms with van der Waals surface area (Å²) in [5, 5.41) is 8.46. The first-order chi connectivity index (χ1) is 6.36. The molecular weight excluding hydrogens is 168 g/mol. The van der Waals surface area contributed by atoms with Crippen LogP contribution in [0.2, 0.25) is 0 Å². The highest BCUT2D eigenvalue weighted by Gasteiger charge is 1.93.